The quantitative estimate of drug-likeness (QED) is 0.455. The van der Waals surface area contributed by atoms with Gasteiger partial charge in [0.25, 0.3) is 0 Å². The van der Waals surface area contributed by atoms with Crippen molar-refractivity contribution in [1.82, 2.24) is 0 Å². The smallest absolute Gasteiger partial charge is 0.125 e. The molecular weight excluding hydrogens is 100 g/mol. The van der Waals surface area contributed by atoms with Crippen LogP contribution in [0.1, 0.15) is 20.3 Å². The molecule has 0 fully saturated rings. The molecule has 0 spiro atoms. The molecule has 50 valence electrons. The summed E-state index contributed by atoms with van der Waals surface area (Å²) in [4.78, 5) is 0. The van der Waals surface area contributed by atoms with Gasteiger partial charge >= 0.3 is 0 Å². The Morgan fingerprint density at radius 3 is 2.62 bits per heavy atom. The molecule has 0 aromatic rings. The van der Waals surface area contributed by atoms with Crippen LogP contribution in [0.15, 0.2) is 0 Å². The summed E-state index contributed by atoms with van der Waals surface area (Å²) >= 11 is 0. The van der Waals surface area contributed by atoms with Gasteiger partial charge in [-0.3, -0.25) is 0 Å². The van der Waals surface area contributed by atoms with Crippen molar-refractivity contribution in [2.24, 2.45) is 0 Å². The Hall–Kier alpha value is -0.0800. The molecule has 8 heavy (non-hydrogen) atoms. The second kappa shape index (κ2) is 5.06. The van der Waals surface area contributed by atoms with Gasteiger partial charge in [-0.2, -0.15) is 0 Å². The van der Waals surface area contributed by atoms with E-state index in [-0.39, 0.29) is 0 Å². The molecule has 0 aliphatic heterocycles. The molecule has 0 bridgehead atoms. The molecular formula is C6H18N2+2. The molecule has 0 aliphatic rings. The Bertz CT molecular complexity index is 45.8. The zero-order valence-electron chi connectivity index (χ0n) is 5.98. The normalized spacial score (nSPS) is 13.9. The largest absolute Gasteiger partial charge is 0.353 e. The van der Waals surface area contributed by atoms with Gasteiger partial charge in [0.15, 0.2) is 0 Å². The van der Waals surface area contributed by atoms with Crippen LogP contribution in [0.5, 0.6) is 0 Å². The summed E-state index contributed by atoms with van der Waals surface area (Å²) in [6.07, 6.45) is 1.26. The van der Waals surface area contributed by atoms with Crippen molar-refractivity contribution in [3.8, 4) is 0 Å². The molecule has 0 aromatic heterocycles. The van der Waals surface area contributed by atoms with Crippen LogP contribution in [-0.4, -0.2) is 19.1 Å². The van der Waals surface area contributed by atoms with E-state index in [4.69, 9.17) is 0 Å². The molecule has 0 radical (unpaired) electrons. The maximum absolute atomic E-state index is 3.76. The topological polar surface area (TPSA) is 44.2 Å². The van der Waals surface area contributed by atoms with Crippen molar-refractivity contribution in [3.63, 3.8) is 0 Å². The van der Waals surface area contributed by atoms with E-state index >= 15 is 0 Å². The fourth-order valence-electron chi connectivity index (χ4n) is 0.569. The van der Waals surface area contributed by atoms with Crippen LogP contribution < -0.4 is 11.1 Å². The minimum Gasteiger partial charge on any atom is -0.353 e. The van der Waals surface area contributed by atoms with E-state index in [0.717, 1.165) is 12.6 Å². The Kier molecular flexibility index (Phi) is 5.01. The summed E-state index contributed by atoms with van der Waals surface area (Å²) in [6.45, 7) is 6.68. The maximum Gasteiger partial charge on any atom is 0.125 e. The fourth-order valence-corrected chi connectivity index (χ4v) is 0.569. The third-order valence-corrected chi connectivity index (χ3v) is 1.42. The molecule has 2 nitrogen and oxygen atoms in total. The van der Waals surface area contributed by atoms with Gasteiger partial charge in [0, 0.05) is 0 Å². The monoisotopic (exact) mass is 118 g/mol. The van der Waals surface area contributed by atoms with Crippen molar-refractivity contribution in [1.29, 1.82) is 0 Å². The second-order valence-electron chi connectivity index (χ2n) is 2.26. The molecule has 0 rings (SSSR count). The van der Waals surface area contributed by atoms with E-state index in [1.807, 2.05) is 0 Å². The molecule has 0 amide bonds. The maximum atomic E-state index is 3.76. The first-order valence-electron chi connectivity index (χ1n) is 3.43. The minimum atomic E-state index is 0.789. The second-order valence-corrected chi connectivity index (χ2v) is 2.26. The molecule has 2 heteroatoms. The molecule has 0 aromatic carbocycles. The van der Waals surface area contributed by atoms with E-state index < -0.39 is 0 Å². The van der Waals surface area contributed by atoms with Gasteiger partial charge in [-0.25, -0.2) is 0 Å². The van der Waals surface area contributed by atoms with Crippen LogP contribution in [-0.2, 0) is 0 Å². The van der Waals surface area contributed by atoms with Gasteiger partial charge in [-0.05, 0) is 13.3 Å². The van der Waals surface area contributed by atoms with Crippen LogP contribution in [0, 0.1) is 0 Å². The lowest BCUT2D eigenvalue weighted by Crippen LogP contribution is -2.92. The number of hydrogen-bond donors (Lipinski definition) is 2. The lowest BCUT2D eigenvalue weighted by atomic mass is 10.3. The number of rotatable bonds is 4. The van der Waals surface area contributed by atoms with E-state index in [1.54, 1.807) is 0 Å². The first-order chi connectivity index (χ1) is 3.81. The number of nitrogens with two attached hydrogens (primary N) is 1. The summed E-state index contributed by atoms with van der Waals surface area (Å²) in [7, 11) is 0. The van der Waals surface area contributed by atoms with Crippen molar-refractivity contribution >= 4 is 0 Å². The molecule has 0 unspecified atom stereocenters. The first-order valence-corrected chi connectivity index (χ1v) is 3.43. The average molecular weight is 118 g/mol. The van der Waals surface area contributed by atoms with Gasteiger partial charge in [-0.15, -0.1) is 0 Å². The highest BCUT2D eigenvalue weighted by Crippen LogP contribution is 1.76. The molecule has 0 aliphatic carbocycles. The van der Waals surface area contributed by atoms with Crippen LogP contribution in [0.25, 0.3) is 0 Å². The molecule has 5 N–H and O–H groups in total. The zero-order valence-corrected chi connectivity index (χ0v) is 5.98. The van der Waals surface area contributed by atoms with Crippen molar-refractivity contribution in [3.05, 3.63) is 0 Å². The average Bonchev–Trinajstić information content (AvgIpc) is 1.83. The van der Waals surface area contributed by atoms with Gasteiger partial charge in [0.1, 0.15) is 13.1 Å². The standard InChI is InChI=1S/C6H16N2/c1-3-6(2)8-5-4-7/h6,8H,3-5,7H2,1-2H3/p+2/t6-/m0/s1. The Morgan fingerprint density at radius 1 is 1.62 bits per heavy atom. The molecule has 0 saturated heterocycles. The fraction of sp³-hybridized carbons (Fsp3) is 1.00. The number of quaternary nitrogens is 2. The van der Waals surface area contributed by atoms with E-state index in [1.165, 1.54) is 13.0 Å². The number of hydrogen-bond acceptors (Lipinski definition) is 0. The van der Waals surface area contributed by atoms with Crippen LogP contribution in [0.3, 0.4) is 0 Å². The predicted molar refractivity (Wildman–Crippen MR) is 34.3 cm³/mol. The third kappa shape index (κ3) is 4.09. The molecule has 0 saturated carbocycles. The Balaban J connectivity index is 2.86. The van der Waals surface area contributed by atoms with Crippen molar-refractivity contribution in [2.45, 2.75) is 26.3 Å². The Morgan fingerprint density at radius 2 is 2.25 bits per heavy atom. The van der Waals surface area contributed by atoms with Gasteiger partial charge in [0.2, 0.25) is 0 Å². The summed E-state index contributed by atoms with van der Waals surface area (Å²) in [6, 6.07) is 0.789. The van der Waals surface area contributed by atoms with Crippen LogP contribution >= 0.6 is 0 Å². The molecule has 0 heterocycles. The summed E-state index contributed by atoms with van der Waals surface area (Å²) in [5, 5.41) is 2.34. The van der Waals surface area contributed by atoms with E-state index in [2.05, 4.69) is 24.9 Å². The summed E-state index contributed by atoms with van der Waals surface area (Å²) < 4.78 is 0. The third-order valence-electron chi connectivity index (χ3n) is 1.42. The highest BCUT2D eigenvalue weighted by molar-refractivity contribution is 4.35. The molecule has 1 atom stereocenters. The lowest BCUT2D eigenvalue weighted by molar-refractivity contribution is -0.699. The lowest BCUT2D eigenvalue weighted by Gasteiger charge is -2.03. The van der Waals surface area contributed by atoms with Gasteiger partial charge in [0.05, 0.1) is 6.04 Å². The SMILES string of the molecule is CC[C@H](C)[NH2+]CC[NH3+]. The van der Waals surface area contributed by atoms with Crippen molar-refractivity contribution in [2.75, 3.05) is 13.1 Å². The van der Waals surface area contributed by atoms with E-state index in [0.29, 0.717) is 0 Å². The highest BCUT2D eigenvalue weighted by atomic mass is 14.9. The Labute approximate surface area is 51.5 Å². The predicted octanol–water partition coefficient (Wildman–Crippen LogP) is -1.41. The van der Waals surface area contributed by atoms with Crippen LogP contribution in [0.4, 0.5) is 0 Å². The van der Waals surface area contributed by atoms with E-state index in [9.17, 15) is 0 Å². The summed E-state index contributed by atoms with van der Waals surface area (Å²) in [5.41, 5.74) is 3.76. The van der Waals surface area contributed by atoms with Crippen molar-refractivity contribution < 1.29 is 11.1 Å². The highest BCUT2D eigenvalue weighted by Gasteiger charge is 1.97. The first kappa shape index (κ1) is 7.92. The van der Waals surface area contributed by atoms with Gasteiger partial charge < -0.3 is 11.1 Å². The van der Waals surface area contributed by atoms with Crippen LogP contribution in [0.2, 0.25) is 0 Å². The minimum absolute atomic E-state index is 0.789. The van der Waals surface area contributed by atoms with Gasteiger partial charge in [-0.1, -0.05) is 6.92 Å². The summed E-state index contributed by atoms with van der Waals surface area (Å²) in [5.74, 6) is 0. The zero-order chi connectivity index (χ0) is 6.41.